The Balaban J connectivity index is 2.25. The van der Waals surface area contributed by atoms with Crippen LogP contribution in [0.1, 0.15) is 25.8 Å². The summed E-state index contributed by atoms with van der Waals surface area (Å²) >= 11 is 0. The molecule has 0 saturated heterocycles. The van der Waals surface area contributed by atoms with Gasteiger partial charge in [0.1, 0.15) is 0 Å². The third-order valence-electron chi connectivity index (χ3n) is 2.81. The molecule has 1 unspecified atom stereocenters. The van der Waals surface area contributed by atoms with Crippen LogP contribution >= 0.6 is 0 Å². The molecule has 1 heterocycles. The second-order valence-corrected chi connectivity index (χ2v) is 3.65. The van der Waals surface area contributed by atoms with Crippen LogP contribution in [0.25, 0.3) is 5.57 Å². The Hall–Kier alpha value is -1.37. The average Bonchev–Trinajstić information content (AvgIpc) is 2.61. The van der Waals surface area contributed by atoms with E-state index < -0.39 is 0 Å². The fourth-order valence-corrected chi connectivity index (χ4v) is 1.91. The van der Waals surface area contributed by atoms with Crippen molar-refractivity contribution in [2.75, 3.05) is 0 Å². The van der Waals surface area contributed by atoms with Crippen molar-refractivity contribution in [1.82, 2.24) is 0 Å². The van der Waals surface area contributed by atoms with E-state index in [9.17, 15) is 0 Å². The smallest absolute Gasteiger partial charge is 0.0312 e. The minimum atomic E-state index is 0.488. The Kier molecular flexibility index (Phi) is 2.49. The first kappa shape index (κ1) is 9.20. The second kappa shape index (κ2) is 3.79. The van der Waals surface area contributed by atoms with Crippen molar-refractivity contribution in [3.05, 3.63) is 42.1 Å². The Labute approximate surface area is 85.2 Å². The summed E-state index contributed by atoms with van der Waals surface area (Å²) < 4.78 is 0. The summed E-state index contributed by atoms with van der Waals surface area (Å²) in [6.07, 6.45) is 3.06. The molecular weight excluding hydrogens is 170 g/mol. The Morgan fingerprint density at radius 1 is 1.21 bits per heavy atom. The highest BCUT2D eigenvalue weighted by Gasteiger charge is 2.19. The van der Waals surface area contributed by atoms with Crippen molar-refractivity contribution >= 4 is 11.3 Å². The summed E-state index contributed by atoms with van der Waals surface area (Å²) in [5.41, 5.74) is 3.94. The average molecular weight is 185 g/mol. The van der Waals surface area contributed by atoms with Crippen LogP contribution in [0, 0.1) is 5.92 Å². The first-order chi connectivity index (χ1) is 6.83. The summed E-state index contributed by atoms with van der Waals surface area (Å²) in [7, 11) is 0. The van der Waals surface area contributed by atoms with Crippen LogP contribution in [-0.4, -0.2) is 5.71 Å². The van der Waals surface area contributed by atoms with E-state index in [4.69, 9.17) is 0 Å². The van der Waals surface area contributed by atoms with Crippen molar-refractivity contribution in [1.29, 1.82) is 0 Å². The molecule has 0 spiro atoms. The topological polar surface area (TPSA) is 12.4 Å². The molecule has 1 atom stereocenters. The molecular formula is C13H15N. The van der Waals surface area contributed by atoms with E-state index in [0.717, 1.165) is 6.42 Å². The third kappa shape index (κ3) is 1.50. The molecule has 1 nitrogen and oxygen atoms in total. The van der Waals surface area contributed by atoms with Gasteiger partial charge in [0.25, 0.3) is 0 Å². The maximum atomic E-state index is 4.45. The predicted molar refractivity (Wildman–Crippen MR) is 61.3 cm³/mol. The van der Waals surface area contributed by atoms with E-state index in [-0.39, 0.29) is 0 Å². The van der Waals surface area contributed by atoms with E-state index in [1.807, 2.05) is 12.3 Å². The normalized spacial score (nSPS) is 20.6. The van der Waals surface area contributed by atoms with Gasteiger partial charge in [-0.1, -0.05) is 44.2 Å². The van der Waals surface area contributed by atoms with Crippen LogP contribution in [0.2, 0.25) is 0 Å². The van der Waals surface area contributed by atoms with E-state index in [1.54, 1.807) is 0 Å². The summed E-state index contributed by atoms with van der Waals surface area (Å²) in [4.78, 5) is 4.45. The fraction of sp³-hybridized carbons (Fsp3) is 0.308. The zero-order valence-corrected chi connectivity index (χ0v) is 8.70. The minimum Gasteiger partial charge on any atom is -0.265 e. The Morgan fingerprint density at radius 3 is 2.50 bits per heavy atom. The van der Waals surface area contributed by atoms with Gasteiger partial charge in [0.2, 0.25) is 0 Å². The SMILES string of the molecule is CCC1=NC=C(c2ccccc2)C1C. The first-order valence-corrected chi connectivity index (χ1v) is 5.15. The molecule has 1 aliphatic rings. The lowest BCUT2D eigenvalue weighted by atomic mass is 9.92. The Bertz CT molecular complexity index is 373. The summed E-state index contributed by atoms with van der Waals surface area (Å²) in [6, 6.07) is 10.5. The largest absolute Gasteiger partial charge is 0.265 e. The van der Waals surface area contributed by atoms with Gasteiger partial charge in [-0.2, -0.15) is 0 Å². The number of nitrogens with zero attached hydrogens (tertiary/aromatic N) is 1. The Morgan fingerprint density at radius 2 is 1.93 bits per heavy atom. The third-order valence-corrected chi connectivity index (χ3v) is 2.81. The molecule has 72 valence electrons. The molecule has 1 aromatic rings. The van der Waals surface area contributed by atoms with Gasteiger partial charge in [-0.15, -0.1) is 0 Å². The quantitative estimate of drug-likeness (QED) is 0.668. The highest BCUT2D eigenvalue weighted by molar-refractivity contribution is 6.00. The van der Waals surface area contributed by atoms with Crippen molar-refractivity contribution in [2.45, 2.75) is 20.3 Å². The van der Waals surface area contributed by atoms with E-state index in [0.29, 0.717) is 5.92 Å². The van der Waals surface area contributed by atoms with Gasteiger partial charge in [-0.25, -0.2) is 0 Å². The molecule has 0 amide bonds. The van der Waals surface area contributed by atoms with Crippen LogP contribution in [0.4, 0.5) is 0 Å². The molecule has 0 saturated carbocycles. The minimum absolute atomic E-state index is 0.488. The molecule has 0 aliphatic carbocycles. The molecule has 0 aromatic heterocycles. The van der Waals surface area contributed by atoms with E-state index >= 15 is 0 Å². The zero-order chi connectivity index (χ0) is 9.97. The maximum absolute atomic E-state index is 4.45. The molecule has 0 N–H and O–H groups in total. The number of hydrogen-bond acceptors (Lipinski definition) is 1. The van der Waals surface area contributed by atoms with Gasteiger partial charge in [-0.3, -0.25) is 4.99 Å². The number of hydrogen-bond donors (Lipinski definition) is 0. The monoisotopic (exact) mass is 185 g/mol. The maximum Gasteiger partial charge on any atom is 0.0312 e. The predicted octanol–water partition coefficient (Wildman–Crippen LogP) is 3.53. The molecule has 2 rings (SSSR count). The van der Waals surface area contributed by atoms with Crippen LogP contribution in [-0.2, 0) is 0 Å². The summed E-state index contributed by atoms with van der Waals surface area (Å²) in [6.45, 7) is 4.39. The molecule has 0 radical (unpaired) electrons. The second-order valence-electron chi connectivity index (χ2n) is 3.65. The van der Waals surface area contributed by atoms with Crippen LogP contribution in [0.15, 0.2) is 41.5 Å². The van der Waals surface area contributed by atoms with Gasteiger partial charge >= 0.3 is 0 Å². The lowest BCUT2D eigenvalue weighted by Crippen LogP contribution is -2.07. The number of benzene rings is 1. The lowest BCUT2D eigenvalue weighted by Gasteiger charge is -2.11. The summed E-state index contributed by atoms with van der Waals surface area (Å²) in [5, 5.41) is 0. The van der Waals surface area contributed by atoms with Crippen molar-refractivity contribution in [2.24, 2.45) is 10.9 Å². The highest BCUT2D eigenvalue weighted by atomic mass is 14.7. The van der Waals surface area contributed by atoms with Crippen LogP contribution in [0.5, 0.6) is 0 Å². The number of rotatable bonds is 2. The first-order valence-electron chi connectivity index (χ1n) is 5.15. The zero-order valence-electron chi connectivity index (χ0n) is 8.70. The molecule has 14 heavy (non-hydrogen) atoms. The van der Waals surface area contributed by atoms with E-state index in [1.165, 1.54) is 16.8 Å². The standard InChI is InChI=1S/C13H15N/c1-3-13-10(2)12(9-14-13)11-7-5-4-6-8-11/h4-10H,3H2,1-2H3. The molecule has 1 heteroatoms. The van der Waals surface area contributed by atoms with Gasteiger partial charge in [0, 0.05) is 17.8 Å². The molecule has 1 aromatic carbocycles. The fourth-order valence-electron chi connectivity index (χ4n) is 1.91. The molecule has 0 bridgehead atoms. The molecule has 1 aliphatic heterocycles. The van der Waals surface area contributed by atoms with Gasteiger partial charge in [-0.05, 0) is 17.6 Å². The van der Waals surface area contributed by atoms with Crippen molar-refractivity contribution in [3.8, 4) is 0 Å². The van der Waals surface area contributed by atoms with Crippen LogP contribution in [0.3, 0.4) is 0 Å². The van der Waals surface area contributed by atoms with Gasteiger partial charge in [0.15, 0.2) is 0 Å². The van der Waals surface area contributed by atoms with Crippen molar-refractivity contribution in [3.63, 3.8) is 0 Å². The molecule has 0 fully saturated rings. The van der Waals surface area contributed by atoms with E-state index in [2.05, 4.69) is 43.1 Å². The lowest BCUT2D eigenvalue weighted by molar-refractivity contribution is 1.000. The number of allylic oxidation sites excluding steroid dienone is 1. The highest BCUT2D eigenvalue weighted by Crippen LogP contribution is 2.29. The summed E-state index contributed by atoms with van der Waals surface area (Å²) in [5.74, 6) is 0.488. The van der Waals surface area contributed by atoms with Gasteiger partial charge in [0.05, 0.1) is 0 Å². The number of aliphatic imine (C=N–C) groups is 1. The van der Waals surface area contributed by atoms with Gasteiger partial charge < -0.3 is 0 Å². The van der Waals surface area contributed by atoms with Crippen molar-refractivity contribution < 1.29 is 0 Å². The van der Waals surface area contributed by atoms with Crippen LogP contribution < -0.4 is 0 Å².